The summed E-state index contributed by atoms with van der Waals surface area (Å²) in [5, 5.41) is 5.96. The fourth-order valence-electron chi connectivity index (χ4n) is 5.10. The SMILES string of the molecule is CC(C)N1C(=O)[C@H]2[C@@H](C(=O)NCc3ccccc3)[C@H]3C=C[C@@]2(O3)[C@@H]1C(=O)NC(C)(C)C. The van der Waals surface area contributed by atoms with E-state index in [4.69, 9.17) is 4.74 Å². The van der Waals surface area contributed by atoms with Crippen molar-refractivity contribution in [3.63, 3.8) is 0 Å². The maximum Gasteiger partial charge on any atom is 0.246 e. The molecule has 7 nitrogen and oxygen atoms in total. The van der Waals surface area contributed by atoms with Crippen LogP contribution in [0, 0.1) is 11.8 Å². The number of benzene rings is 1. The third-order valence-corrected chi connectivity index (χ3v) is 6.23. The predicted molar refractivity (Wildman–Crippen MR) is 116 cm³/mol. The molecule has 2 fully saturated rings. The van der Waals surface area contributed by atoms with E-state index in [1.807, 2.05) is 77.1 Å². The van der Waals surface area contributed by atoms with Crippen LogP contribution in [0.2, 0.25) is 0 Å². The van der Waals surface area contributed by atoms with Crippen molar-refractivity contribution in [3.05, 3.63) is 48.0 Å². The zero-order chi connectivity index (χ0) is 22.6. The third-order valence-electron chi connectivity index (χ3n) is 6.23. The van der Waals surface area contributed by atoms with E-state index >= 15 is 0 Å². The molecule has 3 aliphatic rings. The maximum absolute atomic E-state index is 13.5. The molecule has 0 saturated carbocycles. The average Bonchev–Trinajstić information content (AvgIpc) is 3.32. The van der Waals surface area contributed by atoms with Gasteiger partial charge in [0.05, 0.1) is 17.9 Å². The summed E-state index contributed by atoms with van der Waals surface area (Å²) in [6.45, 7) is 9.85. The largest absolute Gasteiger partial charge is 0.359 e. The Morgan fingerprint density at radius 2 is 1.84 bits per heavy atom. The Labute approximate surface area is 183 Å². The first-order valence-electron chi connectivity index (χ1n) is 10.9. The smallest absolute Gasteiger partial charge is 0.246 e. The Morgan fingerprint density at radius 3 is 2.45 bits per heavy atom. The fraction of sp³-hybridized carbons (Fsp3) is 0.542. The highest BCUT2D eigenvalue weighted by atomic mass is 16.5. The summed E-state index contributed by atoms with van der Waals surface area (Å²) < 4.78 is 6.27. The Morgan fingerprint density at radius 1 is 1.16 bits per heavy atom. The van der Waals surface area contributed by atoms with Gasteiger partial charge >= 0.3 is 0 Å². The first-order chi connectivity index (χ1) is 14.5. The number of rotatable bonds is 5. The van der Waals surface area contributed by atoms with Gasteiger partial charge in [0.1, 0.15) is 11.6 Å². The van der Waals surface area contributed by atoms with Gasteiger partial charge in [-0.05, 0) is 40.2 Å². The lowest BCUT2D eigenvalue weighted by Crippen LogP contribution is -2.59. The van der Waals surface area contributed by atoms with Gasteiger partial charge in [-0.3, -0.25) is 14.4 Å². The molecular formula is C24H31N3O4. The van der Waals surface area contributed by atoms with Crippen LogP contribution in [-0.4, -0.2) is 51.9 Å². The summed E-state index contributed by atoms with van der Waals surface area (Å²) >= 11 is 0. The van der Waals surface area contributed by atoms with E-state index in [0.29, 0.717) is 6.54 Å². The minimum Gasteiger partial charge on any atom is -0.359 e. The zero-order valence-corrected chi connectivity index (χ0v) is 18.7. The molecule has 2 bridgehead atoms. The van der Waals surface area contributed by atoms with Crippen molar-refractivity contribution in [2.24, 2.45) is 11.8 Å². The highest BCUT2D eigenvalue weighted by molar-refractivity contribution is 6.00. The zero-order valence-electron chi connectivity index (χ0n) is 18.7. The topological polar surface area (TPSA) is 87.7 Å². The van der Waals surface area contributed by atoms with Crippen molar-refractivity contribution < 1.29 is 19.1 Å². The van der Waals surface area contributed by atoms with Gasteiger partial charge in [0.2, 0.25) is 17.7 Å². The normalized spacial score (nSPS) is 31.3. The standard InChI is InChI=1S/C24H31N3O4/c1-14(2)27-19(21(29)26-23(3,4)5)24-12-11-16(31-24)17(18(24)22(27)30)20(28)25-13-15-9-7-6-8-10-15/h6-12,14,16-19H,13H2,1-5H3,(H,25,28)(H,26,29)/t16-,17+,18-,19+,24+/m1/s1. The van der Waals surface area contributed by atoms with Gasteiger partial charge < -0.3 is 20.3 Å². The van der Waals surface area contributed by atoms with Gasteiger partial charge in [0.25, 0.3) is 0 Å². The van der Waals surface area contributed by atoms with E-state index in [1.54, 1.807) is 4.90 Å². The van der Waals surface area contributed by atoms with E-state index in [9.17, 15) is 14.4 Å². The lowest BCUT2D eigenvalue weighted by Gasteiger charge is -2.36. The number of amides is 3. The van der Waals surface area contributed by atoms with Crippen LogP contribution >= 0.6 is 0 Å². The lowest BCUT2D eigenvalue weighted by molar-refractivity contribution is -0.144. The van der Waals surface area contributed by atoms with Gasteiger partial charge in [0.15, 0.2) is 0 Å². The summed E-state index contributed by atoms with van der Waals surface area (Å²) in [5.41, 5.74) is -0.588. The van der Waals surface area contributed by atoms with Crippen molar-refractivity contribution in [3.8, 4) is 0 Å². The van der Waals surface area contributed by atoms with Crippen molar-refractivity contribution in [1.82, 2.24) is 15.5 Å². The quantitative estimate of drug-likeness (QED) is 0.704. The molecule has 166 valence electrons. The average molecular weight is 426 g/mol. The minimum atomic E-state index is -1.11. The molecule has 3 heterocycles. The summed E-state index contributed by atoms with van der Waals surface area (Å²) in [7, 11) is 0. The molecular weight excluding hydrogens is 394 g/mol. The van der Waals surface area contributed by atoms with E-state index in [-0.39, 0.29) is 23.8 Å². The molecule has 2 N–H and O–H groups in total. The van der Waals surface area contributed by atoms with Crippen LogP contribution in [0.1, 0.15) is 40.2 Å². The van der Waals surface area contributed by atoms with Crippen LogP contribution in [0.5, 0.6) is 0 Å². The second-order valence-corrected chi connectivity index (χ2v) is 9.98. The molecule has 4 rings (SSSR count). The second kappa shape index (κ2) is 7.48. The number of hydrogen-bond donors (Lipinski definition) is 2. The lowest BCUT2D eigenvalue weighted by atomic mass is 9.74. The van der Waals surface area contributed by atoms with E-state index < -0.39 is 35.1 Å². The number of hydrogen-bond acceptors (Lipinski definition) is 4. The molecule has 2 saturated heterocycles. The van der Waals surface area contributed by atoms with Crippen molar-refractivity contribution in [1.29, 1.82) is 0 Å². The van der Waals surface area contributed by atoms with Crippen molar-refractivity contribution >= 4 is 17.7 Å². The van der Waals surface area contributed by atoms with Crippen LogP contribution in [0.3, 0.4) is 0 Å². The Balaban J connectivity index is 1.62. The van der Waals surface area contributed by atoms with Crippen LogP contribution in [0.15, 0.2) is 42.5 Å². The predicted octanol–water partition coefficient (Wildman–Crippen LogP) is 1.78. The van der Waals surface area contributed by atoms with Crippen LogP contribution in [-0.2, 0) is 25.7 Å². The monoisotopic (exact) mass is 425 g/mol. The second-order valence-electron chi connectivity index (χ2n) is 9.98. The first-order valence-corrected chi connectivity index (χ1v) is 10.9. The molecule has 7 heteroatoms. The summed E-state index contributed by atoms with van der Waals surface area (Å²) in [6.07, 6.45) is 3.15. The number of nitrogens with zero attached hydrogens (tertiary/aromatic N) is 1. The Hall–Kier alpha value is -2.67. The fourth-order valence-corrected chi connectivity index (χ4v) is 5.10. The summed E-state index contributed by atoms with van der Waals surface area (Å²) in [4.78, 5) is 41.6. The van der Waals surface area contributed by atoms with Crippen LogP contribution in [0.25, 0.3) is 0 Å². The summed E-state index contributed by atoms with van der Waals surface area (Å²) in [6, 6.07) is 8.62. The molecule has 0 aromatic heterocycles. The molecule has 0 radical (unpaired) electrons. The Kier molecular flexibility index (Phi) is 5.20. The summed E-state index contributed by atoms with van der Waals surface area (Å²) in [5.74, 6) is -2.05. The van der Waals surface area contributed by atoms with E-state index in [1.165, 1.54) is 0 Å². The van der Waals surface area contributed by atoms with Crippen LogP contribution < -0.4 is 10.6 Å². The van der Waals surface area contributed by atoms with Gasteiger partial charge in [-0.1, -0.05) is 42.5 Å². The van der Waals surface area contributed by atoms with Gasteiger partial charge in [-0.2, -0.15) is 0 Å². The van der Waals surface area contributed by atoms with Crippen LogP contribution in [0.4, 0.5) is 0 Å². The van der Waals surface area contributed by atoms with Gasteiger partial charge in [-0.15, -0.1) is 0 Å². The maximum atomic E-state index is 13.5. The number of likely N-dealkylation sites (tertiary alicyclic amines) is 1. The van der Waals surface area contributed by atoms with Crippen molar-refractivity contribution in [2.45, 2.75) is 70.5 Å². The first kappa shape index (κ1) is 21.6. The molecule has 1 aromatic rings. The van der Waals surface area contributed by atoms with E-state index in [0.717, 1.165) is 5.56 Å². The Bertz CT molecular complexity index is 921. The molecule has 3 amide bonds. The number of carbonyl (C=O) groups is 3. The molecule has 5 atom stereocenters. The number of nitrogens with one attached hydrogen (secondary N) is 2. The van der Waals surface area contributed by atoms with Gasteiger partial charge in [-0.25, -0.2) is 0 Å². The molecule has 31 heavy (non-hydrogen) atoms. The molecule has 0 aliphatic carbocycles. The van der Waals surface area contributed by atoms with Crippen molar-refractivity contribution in [2.75, 3.05) is 0 Å². The molecule has 1 spiro atoms. The third kappa shape index (κ3) is 3.55. The highest BCUT2D eigenvalue weighted by Crippen LogP contribution is 2.55. The minimum absolute atomic E-state index is 0.198. The number of fused-ring (bicyclic) bond motifs is 1. The highest BCUT2D eigenvalue weighted by Gasteiger charge is 2.73. The number of ether oxygens (including phenoxy) is 1. The molecule has 3 aliphatic heterocycles. The molecule has 1 aromatic carbocycles. The van der Waals surface area contributed by atoms with E-state index in [2.05, 4.69) is 10.6 Å². The van der Waals surface area contributed by atoms with Gasteiger partial charge in [0, 0.05) is 18.1 Å². The number of carbonyl (C=O) groups excluding carboxylic acids is 3. The molecule has 0 unspecified atom stereocenters.